The minimum atomic E-state index is -0.490. The van der Waals surface area contributed by atoms with Gasteiger partial charge in [-0.1, -0.05) is 17.7 Å². The number of anilines is 2. The summed E-state index contributed by atoms with van der Waals surface area (Å²) in [6.07, 6.45) is 3.06. The van der Waals surface area contributed by atoms with Crippen molar-refractivity contribution >= 4 is 34.8 Å². The Morgan fingerprint density at radius 2 is 2.14 bits per heavy atom. The highest BCUT2D eigenvalue weighted by Crippen LogP contribution is 2.30. The van der Waals surface area contributed by atoms with Crippen molar-refractivity contribution in [3.05, 3.63) is 60.1 Å². The van der Waals surface area contributed by atoms with Crippen LogP contribution in [0, 0.1) is 5.92 Å². The van der Waals surface area contributed by atoms with Gasteiger partial charge in [0.2, 0.25) is 11.8 Å². The van der Waals surface area contributed by atoms with E-state index in [1.165, 1.54) is 17.3 Å². The van der Waals surface area contributed by atoms with Crippen molar-refractivity contribution in [2.24, 2.45) is 5.92 Å². The normalized spacial score (nSPS) is 16.1. The quantitative estimate of drug-likeness (QED) is 0.697. The van der Waals surface area contributed by atoms with Crippen LogP contribution in [0.5, 0.6) is 5.75 Å². The van der Waals surface area contributed by atoms with Crippen LogP contribution in [-0.2, 0) is 9.59 Å². The Balaban J connectivity index is 1.53. The number of hydrogen-bond acceptors (Lipinski definition) is 5. The van der Waals surface area contributed by atoms with Crippen LogP contribution in [0.1, 0.15) is 6.42 Å². The van der Waals surface area contributed by atoms with Crippen molar-refractivity contribution in [3.8, 4) is 11.4 Å². The second kappa shape index (κ2) is 7.92. The second-order valence-corrected chi connectivity index (χ2v) is 7.03. The average Bonchev–Trinajstić information content (AvgIpc) is 3.38. The molecule has 1 atom stereocenters. The van der Waals surface area contributed by atoms with Gasteiger partial charge in [-0.05, 0) is 30.3 Å². The zero-order valence-electron chi connectivity index (χ0n) is 15.6. The molecule has 29 heavy (non-hydrogen) atoms. The number of hydrogen-bond donors (Lipinski definition) is 1. The van der Waals surface area contributed by atoms with Crippen LogP contribution in [0.25, 0.3) is 5.69 Å². The summed E-state index contributed by atoms with van der Waals surface area (Å²) in [6, 6.07) is 12.3. The standard InChI is InChI=1S/C20H18ClN5O3/c1-29-16-4-2-3-15(9-16)25-10-13(7-19(25)27)20(28)24-17-8-14(21)5-6-18(17)26-12-22-11-23-26/h2-6,8-9,11-13H,7,10H2,1H3,(H,24,28). The maximum atomic E-state index is 12.9. The molecule has 2 heterocycles. The van der Waals surface area contributed by atoms with Gasteiger partial charge in [-0.25, -0.2) is 9.67 Å². The number of ether oxygens (including phenoxy) is 1. The lowest BCUT2D eigenvalue weighted by Gasteiger charge is -2.18. The molecule has 1 fully saturated rings. The first-order chi connectivity index (χ1) is 14.0. The number of nitrogens with one attached hydrogen (secondary N) is 1. The number of carbonyl (C=O) groups is 2. The SMILES string of the molecule is COc1cccc(N2CC(C(=O)Nc3cc(Cl)ccc3-n3cncn3)CC2=O)c1. The Morgan fingerprint density at radius 3 is 2.90 bits per heavy atom. The predicted octanol–water partition coefficient (Wildman–Crippen LogP) is 2.92. The Hall–Kier alpha value is -3.39. The summed E-state index contributed by atoms with van der Waals surface area (Å²) in [5.41, 5.74) is 1.84. The van der Waals surface area contributed by atoms with Gasteiger partial charge in [0.05, 0.1) is 24.4 Å². The van der Waals surface area contributed by atoms with Gasteiger partial charge in [0.1, 0.15) is 18.4 Å². The van der Waals surface area contributed by atoms with E-state index in [0.717, 1.165) is 0 Å². The zero-order chi connectivity index (χ0) is 20.4. The van der Waals surface area contributed by atoms with Crippen molar-refractivity contribution in [3.63, 3.8) is 0 Å². The highest BCUT2D eigenvalue weighted by Gasteiger charge is 2.35. The van der Waals surface area contributed by atoms with Crippen LogP contribution in [-0.4, -0.2) is 40.2 Å². The third-order valence-corrected chi connectivity index (χ3v) is 4.98. The second-order valence-electron chi connectivity index (χ2n) is 6.60. The first-order valence-electron chi connectivity index (χ1n) is 8.95. The monoisotopic (exact) mass is 411 g/mol. The molecule has 1 aliphatic heterocycles. The van der Waals surface area contributed by atoms with E-state index in [0.29, 0.717) is 27.8 Å². The van der Waals surface area contributed by atoms with Gasteiger partial charge in [0, 0.05) is 29.7 Å². The molecule has 1 aromatic heterocycles. The van der Waals surface area contributed by atoms with Crippen LogP contribution < -0.4 is 15.0 Å². The van der Waals surface area contributed by atoms with E-state index in [4.69, 9.17) is 16.3 Å². The highest BCUT2D eigenvalue weighted by atomic mass is 35.5. The molecule has 0 aliphatic carbocycles. The number of methoxy groups -OCH3 is 1. The Morgan fingerprint density at radius 1 is 1.28 bits per heavy atom. The Kier molecular flexibility index (Phi) is 5.18. The van der Waals surface area contributed by atoms with E-state index in [1.807, 2.05) is 12.1 Å². The molecule has 8 nitrogen and oxygen atoms in total. The van der Waals surface area contributed by atoms with Gasteiger partial charge in [0.15, 0.2) is 0 Å². The van der Waals surface area contributed by atoms with Gasteiger partial charge in [-0.3, -0.25) is 9.59 Å². The largest absolute Gasteiger partial charge is 0.497 e. The Bertz CT molecular complexity index is 1050. The first kappa shape index (κ1) is 18.9. The van der Waals surface area contributed by atoms with E-state index >= 15 is 0 Å². The van der Waals surface area contributed by atoms with Crippen molar-refractivity contribution in [1.82, 2.24) is 14.8 Å². The fourth-order valence-electron chi connectivity index (χ4n) is 3.29. The lowest BCUT2D eigenvalue weighted by atomic mass is 10.1. The first-order valence-corrected chi connectivity index (χ1v) is 9.33. The maximum Gasteiger partial charge on any atom is 0.229 e. The fourth-order valence-corrected chi connectivity index (χ4v) is 3.46. The molecule has 3 aromatic rings. The number of rotatable bonds is 5. The third kappa shape index (κ3) is 3.93. The summed E-state index contributed by atoms with van der Waals surface area (Å²) in [5.74, 6) is -0.204. The topological polar surface area (TPSA) is 89.3 Å². The van der Waals surface area contributed by atoms with Gasteiger partial charge in [-0.2, -0.15) is 5.10 Å². The van der Waals surface area contributed by atoms with Crippen molar-refractivity contribution in [2.45, 2.75) is 6.42 Å². The molecular weight excluding hydrogens is 394 g/mol. The molecule has 1 saturated heterocycles. The molecule has 9 heteroatoms. The molecule has 4 rings (SSSR count). The minimum absolute atomic E-state index is 0.110. The van der Waals surface area contributed by atoms with Crippen molar-refractivity contribution in [1.29, 1.82) is 0 Å². The molecule has 0 spiro atoms. The Labute approximate surface area is 172 Å². The van der Waals surface area contributed by atoms with Gasteiger partial charge in [-0.15, -0.1) is 0 Å². The molecule has 2 aromatic carbocycles. The van der Waals surface area contributed by atoms with Crippen LogP contribution >= 0.6 is 11.6 Å². The van der Waals surface area contributed by atoms with Gasteiger partial charge < -0.3 is 15.0 Å². The predicted molar refractivity (Wildman–Crippen MR) is 108 cm³/mol. The van der Waals surface area contributed by atoms with E-state index in [-0.39, 0.29) is 24.8 Å². The molecular formula is C20H18ClN5O3. The molecule has 2 amide bonds. The van der Waals surface area contributed by atoms with Crippen LogP contribution in [0.4, 0.5) is 11.4 Å². The van der Waals surface area contributed by atoms with E-state index < -0.39 is 5.92 Å². The van der Waals surface area contributed by atoms with Crippen molar-refractivity contribution < 1.29 is 14.3 Å². The number of halogens is 1. The van der Waals surface area contributed by atoms with Gasteiger partial charge >= 0.3 is 0 Å². The fraction of sp³-hybridized carbons (Fsp3) is 0.200. The summed E-state index contributed by atoms with van der Waals surface area (Å²) in [7, 11) is 1.57. The lowest BCUT2D eigenvalue weighted by Crippen LogP contribution is -2.28. The summed E-state index contributed by atoms with van der Waals surface area (Å²) >= 11 is 6.11. The van der Waals surface area contributed by atoms with Crippen molar-refractivity contribution in [2.75, 3.05) is 23.9 Å². The lowest BCUT2D eigenvalue weighted by molar-refractivity contribution is -0.122. The number of nitrogens with zero attached hydrogens (tertiary/aromatic N) is 4. The summed E-state index contributed by atoms with van der Waals surface area (Å²) < 4.78 is 6.76. The highest BCUT2D eigenvalue weighted by molar-refractivity contribution is 6.31. The molecule has 0 radical (unpaired) electrons. The van der Waals surface area contributed by atoms with Gasteiger partial charge in [0.25, 0.3) is 0 Å². The summed E-state index contributed by atoms with van der Waals surface area (Å²) in [5, 5.41) is 7.46. The molecule has 1 N–H and O–H groups in total. The molecule has 0 saturated carbocycles. The minimum Gasteiger partial charge on any atom is -0.497 e. The number of aromatic nitrogens is 3. The molecule has 148 valence electrons. The average molecular weight is 412 g/mol. The van der Waals surface area contributed by atoms with E-state index in [9.17, 15) is 9.59 Å². The maximum absolute atomic E-state index is 12.9. The van der Waals surface area contributed by atoms with E-state index in [1.54, 1.807) is 42.3 Å². The van der Waals surface area contributed by atoms with Crippen LogP contribution in [0.2, 0.25) is 5.02 Å². The molecule has 0 bridgehead atoms. The van der Waals surface area contributed by atoms with E-state index in [2.05, 4.69) is 15.4 Å². The van der Waals surface area contributed by atoms with Crippen LogP contribution in [0.15, 0.2) is 55.1 Å². The number of benzene rings is 2. The summed E-state index contributed by atoms with van der Waals surface area (Å²) in [4.78, 5) is 30.9. The zero-order valence-corrected chi connectivity index (χ0v) is 16.3. The number of carbonyl (C=O) groups excluding carboxylic acids is 2. The molecule has 1 aliphatic rings. The summed E-state index contributed by atoms with van der Waals surface area (Å²) in [6.45, 7) is 0.289. The van der Waals surface area contributed by atoms with Crippen LogP contribution in [0.3, 0.4) is 0 Å². The smallest absolute Gasteiger partial charge is 0.229 e. The number of amides is 2. The third-order valence-electron chi connectivity index (χ3n) is 4.74. The molecule has 1 unspecified atom stereocenters.